The number of sulfone groups is 1. The Balaban J connectivity index is 2.50. The molecule has 90 valence electrons. The molecule has 4 nitrogen and oxygen atoms in total. The Labute approximate surface area is 93.0 Å². The minimum absolute atomic E-state index is 0.274. The average Bonchev–Trinajstić information content (AvgIpc) is 2.14. The zero-order valence-corrected chi connectivity index (χ0v) is 10.7. The third-order valence-corrected chi connectivity index (χ3v) is 3.84. The van der Waals surface area contributed by atoms with Crippen molar-refractivity contribution >= 4 is 9.84 Å². The van der Waals surface area contributed by atoms with Crippen molar-refractivity contribution in [2.75, 3.05) is 38.2 Å². The van der Waals surface area contributed by atoms with Gasteiger partial charge in [0, 0.05) is 38.5 Å². The third kappa shape index (κ3) is 4.49. The summed E-state index contributed by atoms with van der Waals surface area (Å²) in [6.07, 6.45) is 1.31. The Kier molecular flexibility index (Phi) is 4.55. The van der Waals surface area contributed by atoms with Crippen molar-refractivity contribution in [2.24, 2.45) is 5.92 Å². The van der Waals surface area contributed by atoms with Crippen LogP contribution >= 0.6 is 0 Å². The van der Waals surface area contributed by atoms with Gasteiger partial charge in [-0.15, -0.1) is 0 Å². The van der Waals surface area contributed by atoms with Crippen molar-refractivity contribution in [2.45, 2.75) is 19.9 Å². The molecule has 0 radical (unpaired) electrons. The van der Waals surface area contributed by atoms with Crippen LogP contribution < -0.4 is 5.32 Å². The molecule has 5 heteroatoms. The lowest BCUT2D eigenvalue weighted by molar-refractivity contribution is 0.132. The molecule has 1 heterocycles. The molecule has 1 unspecified atom stereocenters. The Morgan fingerprint density at radius 2 is 2.13 bits per heavy atom. The largest absolute Gasteiger partial charge is 0.314 e. The van der Waals surface area contributed by atoms with E-state index in [0.29, 0.717) is 18.5 Å². The topological polar surface area (TPSA) is 49.4 Å². The minimum atomic E-state index is -2.83. The van der Waals surface area contributed by atoms with E-state index >= 15 is 0 Å². The third-order valence-electron chi connectivity index (χ3n) is 2.92. The van der Waals surface area contributed by atoms with Gasteiger partial charge in [0.05, 0.1) is 5.75 Å². The van der Waals surface area contributed by atoms with E-state index in [-0.39, 0.29) is 5.75 Å². The highest BCUT2D eigenvalue weighted by atomic mass is 32.2. The lowest BCUT2D eigenvalue weighted by Crippen LogP contribution is -2.54. The first-order valence-corrected chi connectivity index (χ1v) is 7.58. The number of hydrogen-bond donors (Lipinski definition) is 1. The molecule has 0 saturated carbocycles. The fourth-order valence-electron chi connectivity index (χ4n) is 1.99. The second kappa shape index (κ2) is 5.27. The number of piperazine rings is 1. The van der Waals surface area contributed by atoms with Crippen LogP contribution in [0, 0.1) is 5.92 Å². The Morgan fingerprint density at radius 3 is 2.67 bits per heavy atom. The van der Waals surface area contributed by atoms with Crippen molar-refractivity contribution in [3.8, 4) is 0 Å². The van der Waals surface area contributed by atoms with Crippen LogP contribution in [-0.4, -0.2) is 57.5 Å². The van der Waals surface area contributed by atoms with E-state index in [2.05, 4.69) is 24.1 Å². The van der Waals surface area contributed by atoms with Gasteiger partial charge < -0.3 is 5.32 Å². The molecule has 0 aromatic rings. The second-order valence-corrected chi connectivity index (χ2v) is 6.94. The summed E-state index contributed by atoms with van der Waals surface area (Å²) >= 11 is 0. The molecule has 15 heavy (non-hydrogen) atoms. The summed E-state index contributed by atoms with van der Waals surface area (Å²) in [5, 5.41) is 3.35. The summed E-state index contributed by atoms with van der Waals surface area (Å²) in [7, 11) is -2.83. The Bertz CT molecular complexity index is 288. The Morgan fingerprint density at radius 1 is 1.47 bits per heavy atom. The van der Waals surface area contributed by atoms with E-state index in [9.17, 15) is 8.42 Å². The number of rotatable bonds is 4. The number of hydrogen-bond acceptors (Lipinski definition) is 4. The minimum Gasteiger partial charge on any atom is -0.314 e. The summed E-state index contributed by atoms with van der Waals surface area (Å²) in [6, 6.07) is 0.473. The normalized spacial score (nSPS) is 24.7. The maximum atomic E-state index is 11.1. The first-order valence-electron chi connectivity index (χ1n) is 5.52. The molecule has 0 aliphatic carbocycles. The van der Waals surface area contributed by atoms with Gasteiger partial charge in [-0.25, -0.2) is 8.42 Å². The molecule has 0 aromatic heterocycles. The predicted molar refractivity (Wildman–Crippen MR) is 62.8 cm³/mol. The molecular formula is C10H22N2O2S. The lowest BCUT2D eigenvalue weighted by atomic mass is 10.0. The zero-order chi connectivity index (χ0) is 11.5. The van der Waals surface area contributed by atoms with Crippen LogP contribution in [0.5, 0.6) is 0 Å². The molecule has 1 N–H and O–H groups in total. The summed E-state index contributed by atoms with van der Waals surface area (Å²) in [6.45, 7) is 7.94. The monoisotopic (exact) mass is 234 g/mol. The smallest absolute Gasteiger partial charge is 0.148 e. The van der Waals surface area contributed by atoms with Crippen molar-refractivity contribution < 1.29 is 8.42 Å². The van der Waals surface area contributed by atoms with Crippen LogP contribution in [0.2, 0.25) is 0 Å². The molecule has 0 amide bonds. The van der Waals surface area contributed by atoms with Crippen LogP contribution in [0.15, 0.2) is 0 Å². The summed E-state index contributed by atoms with van der Waals surface area (Å²) in [5.41, 5.74) is 0. The van der Waals surface area contributed by atoms with Gasteiger partial charge in [-0.05, 0) is 5.92 Å². The molecule has 0 bridgehead atoms. The molecule has 0 spiro atoms. The van der Waals surface area contributed by atoms with E-state index < -0.39 is 9.84 Å². The highest BCUT2D eigenvalue weighted by molar-refractivity contribution is 7.90. The molecule has 1 rings (SSSR count). The van der Waals surface area contributed by atoms with Crippen LogP contribution in [0.25, 0.3) is 0 Å². The van der Waals surface area contributed by atoms with Gasteiger partial charge in [0.2, 0.25) is 0 Å². The van der Waals surface area contributed by atoms with Gasteiger partial charge in [0.1, 0.15) is 9.84 Å². The summed E-state index contributed by atoms with van der Waals surface area (Å²) < 4.78 is 22.2. The van der Waals surface area contributed by atoms with Gasteiger partial charge in [0.25, 0.3) is 0 Å². The molecule has 1 atom stereocenters. The first kappa shape index (κ1) is 12.9. The van der Waals surface area contributed by atoms with E-state index in [4.69, 9.17) is 0 Å². The van der Waals surface area contributed by atoms with E-state index in [1.54, 1.807) is 0 Å². The lowest BCUT2D eigenvalue weighted by Gasteiger charge is -2.38. The summed E-state index contributed by atoms with van der Waals surface area (Å²) in [4.78, 5) is 2.29. The maximum absolute atomic E-state index is 11.1. The highest BCUT2D eigenvalue weighted by Crippen LogP contribution is 2.12. The quantitative estimate of drug-likeness (QED) is 0.741. The SMILES string of the molecule is CC(C)C1CNCCN1CCS(C)(=O)=O. The maximum Gasteiger partial charge on any atom is 0.148 e. The fourth-order valence-corrected chi connectivity index (χ4v) is 2.55. The molecule has 1 aliphatic rings. The van der Waals surface area contributed by atoms with E-state index in [1.165, 1.54) is 6.26 Å². The van der Waals surface area contributed by atoms with Crippen molar-refractivity contribution in [3.63, 3.8) is 0 Å². The van der Waals surface area contributed by atoms with Crippen LogP contribution in [-0.2, 0) is 9.84 Å². The zero-order valence-electron chi connectivity index (χ0n) is 9.86. The van der Waals surface area contributed by atoms with Crippen molar-refractivity contribution in [1.29, 1.82) is 0 Å². The van der Waals surface area contributed by atoms with Crippen LogP contribution in [0.1, 0.15) is 13.8 Å². The summed E-state index contributed by atoms with van der Waals surface area (Å²) in [5.74, 6) is 0.841. The molecule has 0 aromatic carbocycles. The Hall–Kier alpha value is -0.130. The standard InChI is InChI=1S/C10H22N2O2S/c1-9(2)10-8-11-4-5-12(10)6-7-15(3,13)14/h9-11H,4-8H2,1-3H3. The van der Waals surface area contributed by atoms with Crippen molar-refractivity contribution in [1.82, 2.24) is 10.2 Å². The highest BCUT2D eigenvalue weighted by Gasteiger charge is 2.25. The molecular weight excluding hydrogens is 212 g/mol. The molecule has 1 fully saturated rings. The van der Waals surface area contributed by atoms with Crippen LogP contribution in [0.4, 0.5) is 0 Å². The number of nitrogens with one attached hydrogen (secondary N) is 1. The second-order valence-electron chi connectivity index (χ2n) is 4.68. The van der Waals surface area contributed by atoms with Gasteiger partial charge >= 0.3 is 0 Å². The van der Waals surface area contributed by atoms with Gasteiger partial charge in [-0.1, -0.05) is 13.8 Å². The van der Waals surface area contributed by atoms with Gasteiger partial charge in [0.15, 0.2) is 0 Å². The predicted octanol–water partition coefficient (Wildman–Crippen LogP) is -0.0392. The van der Waals surface area contributed by atoms with E-state index in [1.807, 2.05) is 0 Å². The molecule has 1 saturated heterocycles. The van der Waals surface area contributed by atoms with E-state index in [0.717, 1.165) is 19.6 Å². The van der Waals surface area contributed by atoms with Crippen molar-refractivity contribution in [3.05, 3.63) is 0 Å². The van der Waals surface area contributed by atoms with Gasteiger partial charge in [-0.2, -0.15) is 0 Å². The first-order chi connectivity index (χ1) is 6.90. The van der Waals surface area contributed by atoms with Crippen LogP contribution in [0.3, 0.4) is 0 Å². The number of nitrogens with zero attached hydrogens (tertiary/aromatic N) is 1. The van der Waals surface area contributed by atoms with Gasteiger partial charge in [-0.3, -0.25) is 4.90 Å². The average molecular weight is 234 g/mol. The molecule has 1 aliphatic heterocycles. The fraction of sp³-hybridized carbons (Fsp3) is 1.00.